The van der Waals surface area contributed by atoms with E-state index in [9.17, 15) is 14.0 Å². The highest BCUT2D eigenvalue weighted by Gasteiger charge is 2.31. The Bertz CT molecular complexity index is 1170. The van der Waals surface area contributed by atoms with Gasteiger partial charge < -0.3 is 15.0 Å². The third kappa shape index (κ3) is 6.93. The number of halogens is 2. The summed E-state index contributed by atoms with van der Waals surface area (Å²) in [6, 6.07) is 8.82. The molecule has 0 bridgehead atoms. The van der Waals surface area contributed by atoms with E-state index in [4.69, 9.17) is 21.6 Å². The number of hydrogen-bond acceptors (Lipinski definition) is 5. The molecule has 1 unspecified atom stereocenters. The van der Waals surface area contributed by atoms with Crippen LogP contribution in [0.5, 0.6) is 0 Å². The van der Waals surface area contributed by atoms with Crippen LogP contribution in [0, 0.1) is 24.1 Å². The van der Waals surface area contributed by atoms with Crippen molar-refractivity contribution in [2.45, 2.75) is 52.8 Å². The van der Waals surface area contributed by atoms with E-state index in [-0.39, 0.29) is 23.3 Å². The molecule has 1 atom stereocenters. The number of nitrogens with one attached hydrogen (secondary N) is 1. The highest BCUT2D eigenvalue weighted by molar-refractivity contribution is 6.31. The van der Waals surface area contributed by atoms with Crippen LogP contribution >= 0.6 is 11.6 Å². The van der Waals surface area contributed by atoms with Crippen LogP contribution in [0.4, 0.5) is 14.9 Å². The predicted molar refractivity (Wildman–Crippen MR) is 133 cm³/mol. The number of carbonyl (C=O) groups excluding carboxylic acids is 2. The average Bonchev–Trinajstić information content (AvgIpc) is 2.75. The van der Waals surface area contributed by atoms with Crippen molar-refractivity contribution in [3.8, 4) is 6.07 Å². The summed E-state index contributed by atoms with van der Waals surface area (Å²) in [4.78, 5) is 29.2. The standard InChI is InChI=1S/C26H30ClFN4O3/c1-16-14-31(6-7-32(16)25(34)35-26(3,4)5)15-20-10-21(27)12-23(17(20)2)30-24(33)19-8-18(13-29)9-22(28)11-19/h8-12,16H,6-7,14-15H2,1-5H3,(H,30,33). The fourth-order valence-corrected chi connectivity index (χ4v) is 4.26. The van der Waals surface area contributed by atoms with E-state index < -0.39 is 17.3 Å². The molecule has 2 aromatic carbocycles. The lowest BCUT2D eigenvalue weighted by molar-refractivity contribution is 0.000534. The number of nitriles is 1. The Kier molecular flexibility index (Phi) is 8.04. The Hall–Kier alpha value is -3.15. The third-order valence-electron chi connectivity index (χ3n) is 5.75. The van der Waals surface area contributed by atoms with Gasteiger partial charge in [0, 0.05) is 48.5 Å². The van der Waals surface area contributed by atoms with Gasteiger partial charge in [0.2, 0.25) is 0 Å². The number of piperazine rings is 1. The van der Waals surface area contributed by atoms with E-state index >= 15 is 0 Å². The molecule has 7 nitrogen and oxygen atoms in total. The van der Waals surface area contributed by atoms with E-state index in [0.717, 1.165) is 23.3 Å². The van der Waals surface area contributed by atoms with Crippen LogP contribution in [0.1, 0.15) is 54.7 Å². The van der Waals surface area contributed by atoms with Crippen molar-refractivity contribution in [3.63, 3.8) is 0 Å². The van der Waals surface area contributed by atoms with Crippen molar-refractivity contribution >= 4 is 29.3 Å². The number of rotatable bonds is 4. The zero-order valence-electron chi connectivity index (χ0n) is 20.6. The number of benzene rings is 2. The zero-order valence-corrected chi connectivity index (χ0v) is 21.4. The van der Waals surface area contributed by atoms with Gasteiger partial charge in [-0.15, -0.1) is 0 Å². The molecule has 1 aliphatic heterocycles. The van der Waals surface area contributed by atoms with E-state index in [1.807, 2.05) is 46.8 Å². The summed E-state index contributed by atoms with van der Waals surface area (Å²) < 4.78 is 19.3. The first-order valence-electron chi connectivity index (χ1n) is 11.4. The summed E-state index contributed by atoms with van der Waals surface area (Å²) in [5, 5.41) is 12.3. The van der Waals surface area contributed by atoms with Crippen LogP contribution in [0.3, 0.4) is 0 Å². The van der Waals surface area contributed by atoms with Crippen molar-refractivity contribution in [3.05, 3.63) is 63.4 Å². The highest BCUT2D eigenvalue weighted by atomic mass is 35.5. The van der Waals surface area contributed by atoms with Crippen LogP contribution in [0.2, 0.25) is 5.02 Å². The lowest BCUT2D eigenvalue weighted by Gasteiger charge is -2.40. The van der Waals surface area contributed by atoms with Gasteiger partial charge in [0.1, 0.15) is 11.4 Å². The molecule has 1 N–H and O–H groups in total. The van der Waals surface area contributed by atoms with Crippen molar-refractivity contribution < 1.29 is 18.7 Å². The fourth-order valence-electron chi connectivity index (χ4n) is 4.02. The molecule has 35 heavy (non-hydrogen) atoms. The van der Waals surface area contributed by atoms with Gasteiger partial charge >= 0.3 is 6.09 Å². The minimum absolute atomic E-state index is 0.0282. The van der Waals surface area contributed by atoms with Gasteiger partial charge in [-0.25, -0.2) is 9.18 Å². The van der Waals surface area contributed by atoms with Gasteiger partial charge in [0.05, 0.1) is 11.6 Å². The van der Waals surface area contributed by atoms with Gasteiger partial charge in [-0.2, -0.15) is 5.26 Å². The Balaban J connectivity index is 1.72. The Morgan fingerprint density at radius 2 is 1.94 bits per heavy atom. The fraction of sp³-hybridized carbons (Fsp3) is 0.423. The second-order valence-corrected chi connectivity index (χ2v) is 10.2. The molecule has 0 saturated carbocycles. The molecule has 3 rings (SSSR count). The van der Waals surface area contributed by atoms with Crippen LogP contribution in [0.15, 0.2) is 30.3 Å². The molecule has 1 heterocycles. The summed E-state index contributed by atoms with van der Waals surface area (Å²) in [6.07, 6.45) is -0.314. The SMILES string of the molecule is Cc1c(CN2CCN(C(=O)OC(C)(C)C)C(C)C2)cc(Cl)cc1NC(=O)c1cc(F)cc(C#N)c1. The van der Waals surface area contributed by atoms with Crippen molar-refractivity contribution in [2.24, 2.45) is 0 Å². The smallest absolute Gasteiger partial charge is 0.410 e. The van der Waals surface area contributed by atoms with Crippen molar-refractivity contribution in [1.29, 1.82) is 5.26 Å². The first-order valence-corrected chi connectivity index (χ1v) is 11.8. The normalized spacial score (nSPS) is 16.5. The number of anilines is 1. The number of amides is 2. The molecule has 2 aromatic rings. The number of ether oxygens (including phenoxy) is 1. The van der Waals surface area contributed by atoms with E-state index in [1.165, 1.54) is 6.07 Å². The molecule has 2 amide bonds. The maximum Gasteiger partial charge on any atom is 0.410 e. The van der Waals surface area contributed by atoms with Crippen molar-refractivity contribution in [1.82, 2.24) is 9.80 Å². The monoisotopic (exact) mass is 500 g/mol. The maximum absolute atomic E-state index is 13.8. The van der Waals surface area contributed by atoms with Gasteiger partial charge in [-0.1, -0.05) is 11.6 Å². The summed E-state index contributed by atoms with van der Waals surface area (Å²) >= 11 is 6.35. The Morgan fingerprint density at radius 1 is 1.23 bits per heavy atom. The van der Waals surface area contributed by atoms with Crippen molar-refractivity contribution in [2.75, 3.05) is 25.0 Å². The molecule has 0 aliphatic carbocycles. The molecule has 1 saturated heterocycles. The first-order chi connectivity index (χ1) is 16.4. The second-order valence-electron chi connectivity index (χ2n) is 9.79. The highest BCUT2D eigenvalue weighted by Crippen LogP contribution is 2.27. The van der Waals surface area contributed by atoms with Gasteiger partial charge in [0.25, 0.3) is 5.91 Å². The number of hydrogen-bond donors (Lipinski definition) is 1. The topological polar surface area (TPSA) is 85.7 Å². The molecule has 186 valence electrons. The second kappa shape index (κ2) is 10.6. The van der Waals surface area contributed by atoms with Crippen LogP contribution < -0.4 is 5.32 Å². The minimum atomic E-state index is -0.655. The molecule has 0 radical (unpaired) electrons. The van der Waals surface area contributed by atoms with Crippen LogP contribution in [-0.4, -0.2) is 53.1 Å². The van der Waals surface area contributed by atoms with Crippen LogP contribution in [-0.2, 0) is 11.3 Å². The largest absolute Gasteiger partial charge is 0.444 e. The third-order valence-corrected chi connectivity index (χ3v) is 5.97. The van der Waals surface area contributed by atoms with Gasteiger partial charge in [-0.05, 0) is 76.1 Å². The summed E-state index contributed by atoms with van der Waals surface area (Å²) in [7, 11) is 0. The lowest BCUT2D eigenvalue weighted by Crippen LogP contribution is -2.54. The molecular formula is C26H30ClFN4O3. The number of carbonyl (C=O) groups is 2. The molecule has 0 spiro atoms. The van der Waals surface area contributed by atoms with Gasteiger partial charge in [-0.3, -0.25) is 9.69 Å². The van der Waals surface area contributed by atoms with Gasteiger partial charge in [0.15, 0.2) is 0 Å². The zero-order chi connectivity index (χ0) is 25.9. The van der Waals surface area contributed by atoms with E-state index in [2.05, 4.69) is 10.2 Å². The average molecular weight is 501 g/mol. The minimum Gasteiger partial charge on any atom is -0.444 e. The lowest BCUT2D eigenvalue weighted by atomic mass is 10.0. The summed E-state index contributed by atoms with van der Waals surface area (Å²) in [5.41, 5.74) is 1.85. The van der Waals surface area contributed by atoms with E-state index in [1.54, 1.807) is 11.0 Å². The Morgan fingerprint density at radius 3 is 2.57 bits per heavy atom. The number of nitrogens with zero attached hydrogens (tertiary/aromatic N) is 3. The summed E-state index contributed by atoms with van der Waals surface area (Å²) in [6.45, 7) is 11.9. The van der Waals surface area contributed by atoms with E-state index in [0.29, 0.717) is 36.9 Å². The molecule has 9 heteroatoms. The predicted octanol–water partition coefficient (Wildman–Crippen LogP) is 5.35. The quantitative estimate of drug-likeness (QED) is 0.611. The molecule has 1 aliphatic rings. The Labute approximate surface area is 210 Å². The molecule has 1 fully saturated rings. The first kappa shape index (κ1) is 26.5. The summed E-state index contributed by atoms with van der Waals surface area (Å²) in [5.74, 6) is -1.19. The van der Waals surface area contributed by atoms with Crippen LogP contribution in [0.25, 0.3) is 0 Å². The maximum atomic E-state index is 13.8. The molecule has 0 aromatic heterocycles. The molecular weight excluding hydrogens is 471 g/mol.